The van der Waals surface area contributed by atoms with Crippen LogP contribution in [0, 0.1) is 0 Å². The van der Waals surface area contributed by atoms with Gasteiger partial charge in [0.15, 0.2) is 0 Å². The highest BCUT2D eigenvalue weighted by molar-refractivity contribution is 9.08. The molecule has 0 spiro atoms. The van der Waals surface area contributed by atoms with Crippen LogP contribution in [0.15, 0.2) is 47.3 Å². The molecule has 18 heavy (non-hydrogen) atoms. The first-order valence-corrected chi connectivity index (χ1v) is 6.47. The fourth-order valence-corrected chi connectivity index (χ4v) is 1.83. The van der Waals surface area contributed by atoms with Gasteiger partial charge in [0, 0.05) is 17.1 Å². The molecule has 0 fully saturated rings. The summed E-state index contributed by atoms with van der Waals surface area (Å²) in [7, 11) is 0. The van der Waals surface area contributed by atoms with Crippen LogP contribution < -0.4 is 10.9 Å². The van der Waals surface area contributed by atoms with Crippen molar-refractivity contribution in [2.75, 3.05) is 5.32 Å². The van der Waals surface area contributed by atoms with Gasteiger partial charge in [0.1, 0.15) is 5.69 Å². The molecule has 2 aromatic rings. The first kappa shape index (κ1) is 12.6. The van der Waals surface area contributed by atoms with E-state index in [0.29, 0.717) is 5.69 Å². The van der Waals surface area contributed by atoms with Crippen LogP contribution in [0.25, 0.3) is 0 Å². The topological polar surface area (TPSA) is 62.0 Å². The van der Waals surface area contributed by atoms with Gasteiger partial charge in [-0.25, -0.2) is 0 Å². The summed E-state index contributed by atoms with van der Waals surface area (Å²) in [5.41, 5.74) is 1.76. The largest absolute Gasteiger partial charge is 0.321 e. The van der Waals surface area contributed by atoms with E-state index < -0.39 is 0 Å². The van der Waals surface area contributed by atoms with Gasteiger partial charge in [0.05, 0.1) is 0 Å². The molecule has 0 radical (unpaired) electrons. The van der Waals surface area contributed by atoms with Crippen molar-refractivity contribution in [3.05, 3.63) is 64.1 Å². The number of H-pyrrole nitrogens is 1. The van der Waals surface area contributed by atoms with Gasteiger partial charge in [-0.1, -0.05) is 34.1 Å². The average Bonchev–Trinajstić information content (AvgIpc) is 2.39. The van der Waals surface area contributed by atoms with Crippen molar-refractivity contribution >= 4 is 27.5 Å². The highest BCUT2D eigenvalue weighted by Gasteiger charge is 2.06. The van der Waals surface area contributed by atoms with Gasteiger partial charge >= 0.3 is 0 Å². The fraction of sp³-hybridized carbons (Fsp3) is 0.0769. The van der Waals surface area contributed by atoms with E-state index in [1.54, 1.807) is 12.1 Å². The monoisotopic (exact) mass is 306 g/mol. The Bertz CT molecular complexity index is 605. The van der Waals surface area contributed by atoms with E-state index in [4.69, 9.17) is 0 Å². The van der Waals surface area contributed by atoms with E-state index >= 15 is 0 Å². The highest BCUT2D eigenvalue weighted by atomic mass is 79.9. The van der Waals surface area contributed by atoms with E-state index in [1.165, 1.54) is 6.07 Å². The SMILES string of the molecule is O=C(Nc1ccc(CBr)cc1)c1cccc(=O)[nH]1. The number of hydrogen-bond acceptors (Lipinski definition) is 2. The summed E-state index contributed by atoms with van der Waals surface area (Å²) in [5.74, 6) is -0.334. The van der Waals surface area contributed by atoms with Crippen LogP contribution in [0.5, 0.6) is 0 Å². The molecule has 1 aromatic heterocycles. The van der Waals surface area contributed by atoms with Crippen molar-refractivity contribution in [1.29, 1.82) is 0 Å². The normalized spacial score (nSPS) is 10.1. The minimum atomic E-state index is -0.334. The number of benzene rings is 1. The maximum atomic E-state index is 11.8. The van der Waals surface area contributed by atoms with Gasteiger partial charge in [0.25, 0.3) is 5.91 Å². The molecule has 0 atom stereocenters. The third-order valence-electron chi connectivity index (χ3n) is 2.38. The maximum Gasteiger partial charge on any atom is 0.272 e. The summed E-state index contributed by atoms with van der Waals surface area (Å²) in [6, 6.07) is 11.9. The highest BCUT2D eigenvalue weighted by Crippen LogP contribution is 2.12. The van der Waals surface area contributed by atoms with Crippen LogP contribution in [-0.4, -0.2) is 10.9 Å². The zero-order valence-electron chi connectivity index (χ0n) is 9.44. The van der Waals surface area contributed by atoms with Crippen molar-refractivity contribution in [1.82, 2.24) is 4.98 Å². The van der Waals surface area contributed by atoms with E-state index in [2.05, 4.69) is 26.2 Å². The molecule has 0 aliphatic rings. The zero-order chi connectivity index (χ0) is 13.0. The number of rotatable bonds is 3. The predicted molar refractivity (Wildman–Crippen MR) is 74.1 cm³/mol. The van der Waals surface area contributed by atoms with Crippen molar-refractivity contribution in [3.63, 3.8) is 0 Å². The molecule has 0 bridgehead atoms. The first-order chi connectivity index (χ1) is 8.69. The Morgan fingerprint density at radius 1 is 1.17 bits per heavy atom. The summed E-state index contributed by atoms with van der Waals surface area (Å²) >= 11 is 3.35. The van der Waals surface area contributed by atoms with Gasteiger partial charge in [-0.2, -0.15) is 0 Å². The summed E-state index contributed by atoms with van der Waals surface area (Å²) in [4.78, 5) is 25.4. The molecule has 4 nitrogen and oxygen atoms in total. The number of carbonyl (C=O) groups excluding carboxylic acids is 1. The second-order valence-corrected chi connectivity index (χ2v) is 4.27. The Balaban J connectivity index is 2.13. The van der Waals surface area contributed by atoms with Crippen molar-refractivity contribution in [2.24, 2.45) is 0 Å². The Hall–Kier alpha value is -1.88. The van der Waals surface area contributed by atoms with Gasteiger partial charge in [-0.3, -0.25) is 9.59 Å². The second kappa shape index (κ2) is 5.64. The number of amides is 1. The molecule has 0 saturated heterocycles. The van der Waals surface area contributed by atoms with Crippen molar-refractivity contribution in [2.45, 2.75) is 5.33 Å². The molecule has 1 heterocycles. The Morgan fingerprint density at radius 3 is 2.50 bits per heavy atom. The van der Waals surface area contributed by atoms with Gasteiger partial charge in [-0.05, 0) is 23.8 Å². The molecule has 2 rings (SSSR count). The summed E-state index contributed by atoms with van der Waals surface area (Å²) in [6.07, 6.45) is 0. The summed E-state index contributed by atoms with van der Waals surface area (Å²) in [6.45, 7) is 0. The Labute approximate surface area is 112 Å². The minimum absolute atomic E-state index is 0.243. The van der Waals surface area contributed by atoms with E-state index in [9.17, 15) is 9.59 Å². The van der Waals surface area contributed by atoms with E-state index in [-0.39, 0.29) is 17.2 Å². The van der Waals surface area contributed by atoms with Crippen LogP contribution in [0.1, 0.15) is 16.1 Å². The van der Waals surface area contributed by atoms with Crippen LogP contribution in [-0.2, 0) is 5.33 Å². The van der Waals surface area contributed by atoms with E-state index in [1.807, 2.05) is 24.3 Å². The third kappa shape index (κ3) is 3.07. The Morgan fingerprint density at radius 2 is 1.89 bits per heavy atom. The third-order valence-corrected chi connectivity index (χ3v) is 3.03. The van der Waals surface area contributed by atoms with Crippen LogP contribution >= 0.6 is 15.9 Å². The summed E-state index contributed by atoms with van der Waals surface area (Å²) < 4.78 is 0. The van der Waals surface area contributed by atoms with Crippen molar-refractivity contribution < 1.29 is 4.79 Å². The molecule has 0 saturated carbocycles. The number of nitrogens with one attached hydrogen (secondary N) is 2. The molecule has 1 aromatic carbocycles. The van der Waals surface area contributed by atoms with Crippen LogP contribution in [0.2, 0.25) is 0 Å². The average molecular weight is 307 g/mol. The fourth-order valence-electron chi connectivity index (χ4n) is 1.46. The number of hydrogen-bond donors (Lipinski definition) is 2. The second-order valence-electron chi connectivity index (χ2n) is 3.71. The molecule has 5 heteroatoms. The van der Waals surface area contributed by atoms with Crippen LogP contribution in [0.3, 0.4) is 0 Å². The number of aromatic nitrogens is 1. The predicted octanol–water partition coefficient (Wildman–Crippen LogP) is 2.52. The number of carbonyl (C=O) groups is 1. The molecule has 0 aliphatic heterocycles. The Kier molecular flexibility index (Phi) is 3.94. The number of halogens is 1. The van der Waals surface area contributed by atoms with Gasteiger partial charge in [0.2, 0.25) is 5.56 Å². The molecule has 0 aliphatic carbocycles. The van der Waals surface area contributed by atoms with Crippen LogP contribution in [0.4, 0.5) is 5.69 Å². The van der Waals surface area contributed by atoms with Crippen molar-refractivity contribution in [3.8, 4) is 0 Å². The lowest BCUT2D eigenvalue weighted by Gasteiger charge is -2.05. The number of alkyl halides is 1. The lowest BCUT2D eigenvalue weighted by Crippen LogP contribution is -2.17. The molecule has 1 amide bonds. The molecular weight excluding hydrogens is 296 g/mol. The molecular formula is C13H11BrN2O2. The van der Waals surface area contributed by atoms with Gasteiger partial charge in [-0.15, -0.1) is 0 Å². The van der Waals surface area contributed by atoms with Gasteiger partial charge < -0.3 is 10.3 Å². The maximum absolute atomic E-state index is 11.8. The zero-order valence-corrected chi connectivity index (χ0v) is 11.0. The molecule has 92 valence electrons. The standard InChI is InChI=1S/C13H11BrN2O2/c14-8-9-4-6-10(7-5-9)15-13(18)11-2-1-3-12(17)16-11/h1-7H,8H2,(H,15,18)(H,16,17). The quantitative estimate of drug-likeness (QED) is 0.856. The number of anilines is 1. The minimum Gasteiger partial charge on any atom is -0.321 e. The smallest absolute Gasteiger partial charge is 0.272 e. The number of aromatic amines is 1. The van der Waals surface area contributed by atoms with E-state index in [0.717, 1.165) is 10.9 Å². The summed E-state index contributed by atoms with van der Waals surface area (Å²) in [5, 5.41) is 3.48. The lowest BCUT2D eigenvalue weighted by atomic mass is 10.2. The first-order valence-electron chi connectivity index (χ1n) is 5.34. The lowest BCUT2D eigenvalue weighted by molar-refractivity contribution is 0.102. The molecule has 2 N–H and O–H groups in total. The molecule has 0 unspecified atom stereocenters. The number of pyridine rings is 1.